The number of hydrogen-bond acceptors (Lipinski definition) is 4. The van der Waals surface area contributed by atoms with E-state index in [9.17, 15) is 18.0 Å². The average molecular weight is 504 g/mol. The number of amides is 1. The van der Waals surface area contributed by atoms with Crippen molar-refractivity contribution in [3.8, 4) is 0 Å². The Morgan fingerprint density at radius 1 is 1.08 bits per heavy atom. The molecule has 0 radical (unpaired) electrons. The quantitative estimate of drug-likeness (QED) is 0.413. The Bertz CT molecular complexity index is 1030. The van der Waals surface area contributed by atoms with Gasteiger partial charge in [-0.1, -0.05) is 42.8 Å². The van der Waals surface area contributed by atoms with E-state index >= 15 is 0 Å². The number of aromatic nitrogens is 1. The molecule has 5 nitrogen and oxygen atoms in total. The molecule has 0 N–H and O–H groups in total. The number of carbonyl (C=O) groups excluding carboxylic acids is 1. The molecule has 2 atom stereocenters. The summed E-state index contributed by atoms with van der Waals surface area (Å²) in [6.45, 7) is 7.51. The summed E-state index contributed by atoms with van der Waals surface area (Å²) >= 11 is 0. The molecule has 1 aromatic heterocycles. The smallest absolute Gasteiger partial charge is 0.433 e. The van der Waals surface area contributed by atoms with Crippen molar-refractivity contribution in [1.29, 1.82) is 0 Å². The van der Waals surface area contributed by atoms with E-state index in [1.807, 2.05) is 50.9 Å². The van der Waals surface area contributed by atoms with Gasteiger partial charge in [-0.25, -0.2) is 4.79 Å². The summed E-state index contributed by atoms with van der Waals surface area (Å²) in [5.74, 6) is 0.312. The largest absolute Gasteiger partial charge is 0.444 e. The van der Waals surface area contributed by atoms with Gasteiger partial charge < -0.3 is 14.5 Å². The molecule has 2 aliphatic rings. The first kappa shape index (κ1) is 26.5. The first-order valence-corrected chi connectivity index (χ1v) is 12.6. The third-order valence-electron chi connectivity index (χ3n) is 7.11. The molecule has 0 saturated heterocycles. The average Bonchev–Trinajstić information content (AvgIpc) is 3.55. The number of alkyl halides is 3. The molecule has 1 heterocycles. The Balaban J connectivity index is 1.44. The Kier molecular flexibility index (Phi) is 7.37. The molecular formula is C28H36F3N3O2. The van der Waals surface area contributed by atoms with Crippen molar-refractivity contribution in [1.82, 2.24) is 14.8 Å². The maximum Gasteiger partial charge on any atom is 0.433 e. The van der Waals surface area contributed by atoms with Crippen molar-refractivity contribution in [2.75, 3.05) is 20.1 Å². The Labute approximate surface area is 211 Å². The van der Waals surface area contributed by atoms with Crippen LogP contribution in [0, 0.1) is 5.41 Å². The fraction of sp³-hybridized carbons (Fsp3) is 0.571. The zero-order valence-electron chi connectivity index (χ0n) is 21.5. The molecule has 1 amide bonds. The lowest BCUT2D eigenvalue weighted by atomic mass is 9.68. The van der Waals surface area contributed by atoms with E-state index in [2.05, 4.69) is 22.0 Å². The van der Waals surface area contributed by atoms with Crippen LogP contribution in [0.1, 0.15) is 69.2 Å². The third-order valence-corrected chi connectivity index (χ3v) is 7.11. The summed E-state index contributed by atoms with van der Waals surface area (Å²) in [7, 11) is 1.97. The Hall–Kier alpha value is -2.61. The molecule has 2 fully saturated rings. The molecule has 4 rings (SSSR count). The minimum atomic E-state index is -4.44. The highest BCUT2D eigenvalue weighted by Crippen LogP contribution is 2.49. The highest BCUT2D eigenvalue weighted by Gasteiger charge is 2.50. The number of nitrogens with zero attached hydrogens (tertiary/aromatic N) is 3. The molecule has 0 spiro atoms. The lowest BCUT2D eigenvalue weighted by molar-refractivity contribution is -0.141. The van der Waals surface area contributed by atoms with Gasteiger partial charge in [0.2, 0.25) is 0 Å². The predicted octanol–water partition coefficient (Wildman–Crippen LogP) is 6.50. The second-order valence-electron chi connectivity index (χ2n) is 11.5. The van der Waals surface area contributed by atoms with E-state index in [1.165, 1.54) is 17.8 Å². The van der Waals surface area contributed by atoms with Gasteiger partial charge >= 0.3 is 12.3 Å². The fourth-order valence-corrected chi connectivity index (χ4v) is 5.25. The topological polar surface area (TPSA) is 45.7 Å². The summed E-state index contributed by atoms with van der Waals surface area (Å²) in [5.41, 5.74) is 0.455. The number of rotatable bonds is 8. The number of benzene rings is 1. The molecule has 2 saturated carbocycles. The van der Waals surface area contributed by atoms with E-state index in [4.69, 9.17) is 4.74 Å². The van der Waals surface area contributed by atoms with Crippen LogP contribution in [0.25, 0.3) is 0 Å². The zero-order chi connectivity index (χ0) is 26.1. The number of halogens is 3. The van der Waals surface area contributed by atoms with Gasteiger partial charge in [-0.15, -0.1) is 0 Å². The molecule has 2 aromatic rings. The maximum absolute atomic E-state index is 13.3. The summed E-state index contributed by atoms with van der Waals surface area (Å²) in [4.78, 5) is 21.0. The maximum atomic E-state index is 13.3. The van der Waals surface area contributed by atoms with Crippen molar-refractivity contribution in [2.45, 2.75) is 76.7 Å². The SMILES string of the molecule is CN(Cc1ccc(C(F)(F)F)nc1)CC1(CN(C(=O)OC(C)(C)C)C2CC2c2ccccc2)CCC1. The minimum Gasteiger partial charge on any atom is -0.444 e. The molecule has 1 aromatic carbocycles. The second kappa shape index (κ2) is 10.0. The van der Waals surface area contributed by atoms with Crippen LogP contribution in [0.3, 0.4) is 0 Å². The highest BCUT2D eigenvalue weighted by atomic mass is 19.4. The van der Waals surface area contributed by atoms with Crippen molar-refractivity contribution in [2.24, 2.45) is 5.41 Å². The second-order valence-corrected chi connectivity index (χ2v) is 11.5. The number of carbonyl (C=O) groups is 1. The van der Waals surface area contributed by atoms with Gasteiger partial charge in [0.05, 0.1) is 0 Å². The van der Waals surface area contributed by atoms with Gasteiger partial charge in [-0.3, -0.25) is 4.98 Å². The Morgan fingerprint density at radius 2 is 1.78 bits per heavy atom. The number of pyridine rings is 1. The van der Waals surface area contributed by atoms with E-state index in [1.54, 1.807) is 0 Å². The minimum absolute atomic E-state index is 0.0607. The van der Waals surface area contributed by atoms with Gasteiger partial charge in [-0.2, -0.15) is 13.2 Å². The van der Waals surface area contributed by atoms with Crippen molar-refractivity contribution < 1.29 is 22.7 Å². The van der Waals surface area contributed by atoms with Crippen LogP contribution in [-0.2, 0) is 17.5 Å². The zero-order valence-corrected chi connectivity index (χ0v) is 21.5. The fourth-order valence-electron chi connectivity index (χ4n) is 5.25. The lowest BCUT2D eigenvalue weighted by Gasteiger charge is -2.47. The lowest BCUT2D eigenvalue weighted by Crippen LogP contribution is -2.52. The molecule has 0 aliphatic heterocycles. The summed E-state index contributed by atoms with van der Waals surface area (Å²) in [6.07, 6.45) is 0.624. The molecule has 8 heteroatoms. The molecular weight excluding hydrogens is 467 g/mol. The van der Waals surface area contributed by atoms with Crippen LogP contribution < -0.4 is 0 Å². The van der Waals surface area contributed by atoms with Crippen LogP contribution in [0.2, 0.25) is 0 Å². The van der Waals surface area contributed by atoms with Crippen molar-refractivity contribution >= 4 is 6.09 Å². The monoisotopic (exact) mass is 503 g/mol. The summed E-state index contributed by atoms with van der Waals surface area (Å²) in [6, 6.07) is 12.9. The molecule has 0 bridgehead atoms. The van der Waals surface area contributed by atoms with Crippen molar-refractivity contribution in [3.05, 3.63) is 65.5 Å². The van der Waals surface area contributed by atoms with E-state index in [-0.39, 0.29) is 17.6 Å². The molecule has 2 unspecified atom stereocenters. The van der Waals surface area contributed by atoms with Crippen LogP contribution in [0.5, 0.6) is 0 Å². The molecule has 196 valence electrons. The van der Waals surface area contributed by atoms with Crippen LogP contribution in [0.4, 0.5) is 18.0 Å². The van der Waals surface area contributed by atoms with Crippen LogP contribution in [0.15, 0.2) is 48.7 Å². The Morgan fingerprint density at radius 3 is 2.31 bits per heavy atom. The van der Waals surface area contributed by atoms with Gasteiger partial charge in [0, 0.05) is 43.2 Å². The predicted molar refractivity (Wildman–Crippen MR) is 132 cm³/mol. The number of hydrogen-bond donors (Lipinski definition) is 0. The number of ether oxygens (including phenoxy) is 1. The van der Waals surface area contributed by atoms with Crippen LogP contribution in [-0.4, -0.2) is 52.7 Å². The van der Waals surface area contributed by atoms with Gasteiger partial charge in [0.25, 0.3) is 0 Å². The summed E-state index contributed by atoms with van der Waals surface area (Å²) in [5, 5.41) is 0. The normalized spacial score (nSPS) is 21.1. The van der Waals surface area contributed by atoms with E-state index in [0.29, 0.717) is 19.0 Å². The van der Waals surface area contributed by atoms with Crippen LogP contribution >= 0.6 is 0 Å². The first-order valence-electron chi connectivity index (χ1n) is 12.6. The van der Waals surface area contributed by atoms with Gasteiger partial charge in [-0.05, 0) is 64.3 Å². The standard InChI is InChI=1S/C28H36F3N3O2/c1-26(2,3)36-25(35)34(23-15-22(23)21-9-6-5-7-10-21)19-27(13-8-14-27)18-33(4)17-20-11-12-24(32-16-20)28(29,30)31/h5-7,9-12,16,22-23H,8,13-15,17-19H2,1-4H3. The third kappa shape index (κ3) is 6.58. The van der Waals surface area contributed by atoms with E-state index < -0.39 is 17.5 Å². The van der Waals surface area contributed by atoms with Gasteiger partial charge in [0.15, 0.2) is 0 Å². The first-order chi connectivity index (χ1) is 16.9. The van der Waals surface area contributed by atoms with E-state index in [0.717, 1.165) is 43.9 Å². The summed E-state index contributed by atoms with van der Waals surface area (Å²) < 4.78 is 44.3. The highest BCUT2D eigenvalue weighted by molar-refractivity contribution is 5.69. The molecule has 36 heavy (non-hydrogen) atoms. The van der Waals surface area contributed by atoms with Crippen molar-refractivity contribution in [3.63, 3.8) is 0 Å². The van der Waals surface area contributed by atoms with Gasteiger partial charge in [0.1, 0.15) is 11.3 Å². The molecule has 2 aliphatic carbocycles.